The summed E-state index contributed by atoms with van der Waals surface area (Å²) in [6.07, 6.45) is 0.873. The molecule has 0 amide bonds. The summed E-state index contributed by atoms with van der Waals surface area (Å²) in [6, 6.07) is 8.79. The normalized spacial score (nSPS) is 13.8. The van der Waals surface area contributed by atoms with Crippen LogP contribution >= 0.6 is 0 Å². The quantitative estimate of drug-likeness (QED) is 0.848. The molecule has 0 aliphatic rings. The highest BCUT2D eigenvalue weighted by Gasteiger charge is 2.13. The topological polar surface area (TPSA) is 35.2 Å². The Morgan fingerprint density at radius 3 is 2.19 bits per heavy atom. The lowest BCUT2D eigenvalue weighted by Crippen LogP contribution is -2.28. The van der Waals surface area contributed by atoms with Crippen LogP contribution in [-0.2, 0) is 16.6 Å². The molecule has 1 atom stereocenters. The lowest BCUT2D eigenvalue weighted by molar-refractivity contribution is 0.180. The summed E-state index contributed by atoms with van der Waals surface area (Å²) in [5.41, 5.74) is 8.76. The summed E-state index contributed by atoms with van der Waals surface area (Å²) in [4.78, 5) is 0. The van der Waals surface area contributed by atoms with Crippen LogP contribution in [0.1, 0.15) is 31.9 Å². The standard InChI is InChI=1S/C14H23NO/c1-14(2,3)12-7-5-11(6-8-12)9-13(15)10-16-4/h5-8,13H,9-10,15H2,1-4H3. The van der Waals surface area contributed by atoms with Gasteiger partial charge < -0.3 is 10.5 Å². The largest absolute Gasteiger partial charge is 0.383 e. The first-order chi connectivity index (χ1) is 7.43. The fraction of sp³-hybridized carbons (Fsp3) is 0.571. The van der Waals surface area contributed by atoms with E-state index in [-0.39, 0.29) is 11.5 Å². The highest BCUT2D eigenvalue weighted by Crippen LogP contribution is 2.22. The van der Waals surface area contributed by atoms with Crippen LogP contribution in [0.3, 0.4) is 0 Å². The fourth-order valence-electron chi connectivity index (χ4n) is 1.72. The van der Waals surface area contributed by atoms with Crippen LogP contribution < -0.4 is 5.73 Å². The van der Waals surface area contributed by atoms with Gasteiger partial charge in [0.25, 0.3) is 0 Å². The van der Waals surface area contributed by atoms with Crippen LogP contribution in [0, 0.1) is 0 Å². The molecule has 1 unspecified atom stereocenters. The van der Waals surface area contributed by atoms with Crippen LogP contribution in [0.25, 0.3) is 0 Å². The summed E-state index contributed by atoms with van der Waals surface area (Å²) in [6.45, 7) is 7.27. The monoisotopic (exact) mass is 221 g/mol. The third-order valence-electron chi connectivity index (χ3n) is 2.70. The number of hydrogen-bond donors (Lipinski definition) is 1. The Bertz CT molecular complexity index is 311. The third kappa shape index (κ3) is 3.95. The molecule has 1 rings (SSSR count). The van der Waals surface area contributed by atoms with Crippen molar-refractivity contribution >= 4 is 0 Å². The van der Waals surface area contributed by atoms with E-state index in [0.717, 1.165) is 6.42 Å². The molecule has 2 heteroatoms. The van der Waals surface area contributed by atoms with E-state index in [9.17, 15) is 0 Å². The predicted octanol–water partition coefficient (Wildman–Crippen LogP) is 2.50. The van der Waals surface area contributed by atoms with Gasteiger partial charge in [0, 0.05) is 13.2 Å². The molecule has 2 nitrogen and oxygen atoms in total. The zero-order chi connectivity index (χ0) is 12.2. The maximum atomic E-state index is 5.92. The van der Waals surface area contributed by atoms with E-state index in [1.807, 2.05) is 0 Å². The second-order valence-electron chi connectivity index (χ2n) is 5.37. The Morgan fingerprint density at radius 1 is 1.19 bits per heavy atom. The molecule has 1 aromatic carbocycles. The molecule has 2 N–H and O–H groups in total. The second kappa shape index (κ2) is 5.46. The minimum Gasteiger partial charge on any atom is -0.383 e. The van der Waals surface area contributed by atoms with Crippen molar-refractivity contribution in [2.75, 3.05) is 13.7 Å². The van der Waals surface area contributed by atoms with Crippen molar-refractivity contribution in [2.45, 2.75) is 38.6 Å². The molecule has 1 aromatic rings. The molecule has 0 saturated heterocycles. The summed E-state index contributed by atoms with van der Waals surface area (Å²) in [7, 11) is 1.68. The molecular weight excluding hydrogens is 198 g/mol. The molecule has 0 saturated carbocycles. The number of nitrogens with two attached hydrogens (primary N) is 1. The van der Waals surface area contributed by atoms with Gasteiger partial charge in [-0.15, -0.1) is 0 Å². The first-order valence-electron chi connectivity index (χ1n) is 5.77. The van der Waals surface area contributed by atoms with E-state index in [0.29, 0.717) is 6.61 Å². The lowest BCUT2D eigenvalue weighted by atomic mass is 9.86. The lowest BCUT2D eigenvalue weighted by Gasteiger charge is -2.19. The molecule has 16 heavy (non-hydrogen) atoms. The molecule has 0 heterocycles. The number of hydrogen-bond acceptors (Lipinski definition) is 2. The number of rotatable bonds is 4. The molecule has 0 aromatic heterocycles. The Morgan fingerprint density at radius 2 is 1.75 bits per heavy atom. The SMILES string of the molecule is COCC(N)Cc1ccc(C(C)(C)C)cc1. The van der Waals surface area contributed by atoms with E-state index in [1.54, 1.807) is 7.11 Å². The average Bonchev–Trinajstić information content (AvgIpc) is 2.17. The minimum absolute atomic E-state index is 0.0884. The molecule has 0 bridgehead atoms. The number of benzene rings is 1. The van der Waals surface area contributed by atoms with Crippen molar-refractivity contribution in [3.8, 4) is 0 Å². The highest BCUT2D eigenvalue weighted by molar-refractivity contribution is 5.27. The van der Waals surface area contributed by atoms with Gasteiger partial charge in [-0.3, -0.25) is 0 Å². The van der Waals surface area contributed by atoms with Crippen molar-refractivity contribution < 1.29 is 4.74 Å². The molecule has 0 fully saturated rings. The van der Waals surface area contributed by atoms with Gasteiger partial charge in [0.15, 0.2) is 0 Å². The smallest absolute Gasteiger partial charge is 0.0616 e. The highest BCUT2D eigenvalue weighted by atomic mass is 16.5. The van der Waals surface area contributed by atoms with Gasteiger partial charge in [-0.1, -0.05) is 45.0 Å². The van der Waals surface area contributed by atoms with Crippen molar-refractivity contribution in [1.29, 1.82) is 0 Å². The third-order valence-corrected chi connectivity index (χ3v) is 2.70. The van der Waals surface area contributed by atoms with Crippen molar-refractivity contribution in [3.63, 3.8) is 0 Å². The fourth-order valence-corrected chi connectivity index (χ4v) is 1.72. The number of methoxy groups -OCH3 is 1. The van der Waals surface area contributed by atoms with Crippen LogP contribution in [0.2, 0.25) is 0 Å². The molecule has 0 aliphatic carbocycles. The van der Waals surface area contributed by atoms with E-state index in [1.165, 1.54) is 11.1 Å². The zero-order valence-corrected chi connectivity index (χ0v) is 10.8. The first-order valence-corrected chi connectivity index (χ1v) is 5.77. The van der Waals surface area contributed by atoms with Crippen LogP contribution in [0.5, 0.6) is 0 Å². The summed E-state index contributed by atoms with van der Waals surface area (Å²) in [5, 5.41) is 0. The summed E-state index contributed by atoms with van der Waals surface area (Å²) in [5.74, 6) is 0. The molecule has 0 aliphatic heterocycles. The zero-order valence-electron chi connectivity index (χ0n) is 10.8. The Hall–Kier alpha value is -0.860. The van der Waals surface area contributed by atoms with Gasteiger partial charge in [-0.05, 0) is 23.0 Å². The van der Waals surface area contributed by atoms with Crippen molar-refractivity contribution in [1.82, 2.24) is 0 Å². The maximum absolute atomic E-state index is 5.92. The molecule has 0 radical (unpaired) electrons. The van der Waals surface area contributed by atoms with Crippen LogP contribution in [0.4, 0.5) is 0 Å². The van der Waals surface area contributed by atoms with E-state index < -0.39 is 0 Å². The number of ether oxygens (including phenoxy) is 1. The van der Waals surface area contributed by atoms with Gasteiger partial charge >= 0.3 is 0 Å². The molecule has 0 spiro atoms. The Kier molecular flexibility index (Phi) is 4.51. The van der Waals surface area contributed by atoms with Gasteiger partial charge in [0.1, 0.15) is 0 Å². The Labute approximate surface area is 98.8 Å². The predicted molar refractivity (Wildman–Crippen MR) is 68.7 cm³/mol. The minimum atomic E-state index is 0.0884. The summed E-state index contributed by atoms with van der Waals surface area (Å²) < 4.78 is 5.03. The van der Waals surface area contributed by atoms with Gasteiger partial charge in [-0.2, -0.15) is 0 Å². The molecule has 90 valence electrons. The van der Waals surface area contributed by atoms with Crippen molar-refractivity contribution in [2.24, 2.45) is 5.73 Å². The first kappa shape index (κ1) is 13.2. The van der Waals surface area contributed by atoms with Gasteiger partial charge in [0.2, 0.25) is 0 Å². The Balaban J connectivity index is 2.65. The van der Waals surface area contributed by atoms with E-state index in [2.05, 4.69) is 45.0 Å². The van der Waals surface area contributed by atoms with Gasteiger partial charge in [0.05, 0.1) is 6.61 Å². The second-order valence-corrected chi connectivity index (χ2v) is 5.37. The van der Waals surface area contributed by atoms with E-state index in [4.69, 9.17) is 10.5 Å². The van der Waals surface area contributed by atoms with Crippen molar-refractivity contribution in [3.05, 3.63) is 35.4 Å². The maximum Gasteiger partial charge on any atom is 0.0616 e. The van der Waals surface area contributed by atoms with Crippen LogP contribution in [-0.4, -0.2) is 19.8 Å². The van der Waals surface area contributed by atoms with Gasteiger partial charge in [-0.25, -0.2) is 0 Å². The van der Waals surface area contributed by atoms with E-state index >= 15 is 0 Å². The molecular formula is C14H23NO. The average molecular weight is 221 g/mol. The summed E-state index contributed by atoms with van der Waals surface area (Å²) >= 11 is 0. The van der Waals surface area contributed by atoms with Crippen LogP contribution in [0.15, 0.2) is 24.3 Å².